The van der Waals surface area contributed by atoms with Crippen LogP contribution in [0.1, 0.15) is 19.7 Å². The van der Waals surface area contributed by atoms with E-state index in [0.29, 0.717) is 23.9 Å². The molecule has 1 N–H and O–H groups in total. The molecule has 0 unspecified atom stereocenters. The van der Waals surface area contributed by atoms with Crippen LogP contribution in [0.4, 0.5) is 0 Å². The number of nitrogens with zero attached hydrogens (tertiary/aromatic N) is 2. The molecule has 2 aromatic carbocycles. The molecule has 0 fully saturated rings. The van der Waals surface area contributed by atoms with Crippen LogP contribution >= 0.6 is 23.4 Å². The van der Waals surface area contributed by atoms with Gasteiger partial charge < -0.3 is 4.98 Å². The summed E-state index contributed by atoms with van der Waals surface area (Å²) in [4.78, 5) is 9.15. The maximum absolute atomic E-state index is 12.7. The summed E-state index contributed by atoms with van der Waals surface area (Å²) < 4.78 is 26.8. The summed E-state index contributed by atoms with van der Waals surface area (Å²) in [6.07, 6.45) is 0. The van der Waals surface area contributed by atoms with Gasteiger partial charge in [-0.2, -0.15) is 4.31 Å². The molecule has 0 amide bonds. The van der Waals surface area contributed by atoms with Crippen LogP contribution in [-0.4, -0.2) is 35.8 Å². The molecular formula is C18H20ClN3O2S2. The molecule has 0 atom stereocenters. The average Bonchev–Trinajstić information content (AvgIpc) is 3.04. The van der Waals surface area contributed by atoms with Crippen molar-refractivity contribution in [3.8, 4) is 0 Å². The zero-order chi connectivity index (χ0) is 18.7. The Morgan fingerprint density at radius 3 is 2.46 bits per heavy atom. The van der Waals surface area contributed by atoms with E-state index in [1.165, 1.54) is 4.31 Å². The number of nitrogens with one attached hydrogen (secondary N) is 1. The minimum Gasteiger partial charge on any atom is -0.341 e. The molecule has 0 saturated heterocycles. The Labute approximate surface area is 162 Å². The number of aromatic nitrogens is 2. The van der Waals surface area contributed by atoms with E-state index >= 15 is 0 Å². The third-order valence-electron chi connectivity index (χ3n) is 4.03. The Hall–Kier alpha value is -1.54. The van der Waals surface area contributed by atoms with Crippen LogP contribution in [0.3, 0.4) is 0 Å². The van der Waals surface area contributed by atoms with E-state index in [-0.39, 0.29) is 4.90 Å². The zero-order valence-corrected chi connectivity index (χ0v) is 17.0. The fraction of sp³-hybridized carbons (Fsp3) is 0.278. The van der Waals surface area contributed by atoms with Crippen LogP contribution in [0.2, 0.25) is 5.02 Å². The van der Waals surface area contributed by atoms with Crippen molar-refractivity contribution in [3.63, 3.8) is 0 Å². The van der Waals surface area contributed by atoms with Crippen molar-refractivity contribution in [2.24, 2.45) is 0 Å². The van der Waals surface area contributed by atoms with Gasteiger partial charge in [-0.3, -0.25) is 0 Å². The fourth-order valence-corrected chi connectivity index (χ4v) is 5.04. The smallest absolute Gasteiger partial charge is 0.243 e. The lowest BCUT2D eigenvalue weighted by atomic mass is 10.3. The third kappa shape index (κ3) is 4.06. The summed E-state index contributed by atoms with van der Waals surface area (Å²) in [5.74, 6) is 1.46. The van der Waals surface area contributed by atoms with Gasteiger partial charge in [-0.1, -0.05) is 25.4 Å². The molecule has 0 aliphatic rings. The van der Waals surface area contributed by atoms with Crippen LogP contribution in [0, 0.1) is 0 Å². The molecule has 0 saturated carbocycles. The van der Waals surface area contributed by atoms with Crippen molar-refractivity contribution < 1.29 is 8.42 Å². The molecule has 3 rings (SSSR count). The van der Waals surface area contributed by atoms with E-state index in [9.17, 15) is 8.42 Å². The fourth-order valence-electron chi connectivity index (χ4n) is 2.67. The zero-order valence-electron chi connectivity index (χ0n) is 14.6. The largest absolute Gasteiger partial charge is 0.341 e. The average molecular weight is 410 g/mol. The molecule has 0 spiro atoms. The first-order chi connectivity index (χ1) is 12.4. The van der Waals surface area contributed by atoms with Gasteiger partial charge in [0.15, 0.2) is 0 Å². The van der Waals surface area contributed by atoms with Gasteiger partial charge in [0.2, 0.25) is 10.0 Å². The lowest BCUT2D eigenvalue weighted by Crippen LogP contribution is -2.30. The number of hydrogen-bond donors (Lipinski definition) is 1. The maximum atomic E-state index is 12.7. The van der Waals surface area contributed by atoms with E-state index in [1.54, 1.807) is 30.0 Å². The highest BCUT2D eigenvalue weighted by atomic mass is 35.5. The summed E-state index contributed by atoms with van der Waals surface area (Å²) >= 11 is 7.54. The van der Waals surface area contributed by atoms with E-state index in [1.807, 2.05) is 38.1 Å². The van der Waals surface area contributed by atoms with Gasteiger partial charge in [0.05, 0.1) is 21.7 Å². The lowest BCUT2D eigenvalue weighted by molar-refractivity contribution is 0.445. The van der Waals surface area contributed by atoms with Gasteiger partial charge in [0.25, 0.3) is 0 Å². The molecule has 1 heterocycles. The molecule has 26 heavy (non-hydrogen) atoms. The molecular weight excluding hydrogens is 390 g/mol. The quantitative estimate of drug-likeness (QED) is 0.582. The predicted octanol–water partition coefficient (Wildman–Crippen LogP) is 4.54. The van der Waals surface area contributed by atoms with E-state index < -0.39 is 10.0 Å². The van der Waals surface area contributed by atoms with Crippen LogP contribution < -0.4 is 0 Å². The van der Waals surface area contributed by atoms with Gasteiger partial charge >= 0.3 is 0 Å². The highest BCUT2D eigenvalue weighted by Gasteiger charge is 2.22. The van der Waals surface area contributed by atoms with Crippen LogP contribution in [0.5, 0.6) is 0 Å². The Kier molecular flexibility index (Phi) is 5.92. The van der Waals surface area contributed by atoms with Gasteiger partial charge in [-0.15, -0.1) is 11.8 Å². The number of imidazole rings is 1. The Morgan fingerprint density at radius 1 is 1.12 bits per heavy atom. The number of rotatable bonds is 7. The summed E-state index contributed by atoms with van der Waals surface area (Å²) in [5.41, 5.74) is 1.49. The van der Waals surface area contributed by atoms with Crippen LogP contribution in [-0.2, 0) is 15.8 Å². The third-order valence-corrected chi connectivity index (χ3v) is 7.36. The second-order valence-corrected chi connectivity index (χ2v) is 9.12. The highest BCUT2D eigenvalue weighted by molar-refractivity contribution is 7.98. The molecule has 3 aromatic rings. The number of aromatic amines is 1. The second-order valence-electron chi connectivity index (χ2n) is 5.69. The minimum absolute atomic E-state index is 0.286. The summed E-state index contributed by atoms with van der Waals surface area (Å²) in [6.45, 7) is 4.56. The molecule has 1 aromatic heterocycles. The summed E-state index contributed by atoms with van der Waals surface area (Å²) in [7, 11) is -3.47. The summed E-state index contributed by atoms with van der Waals surface area (Å²) in [6, 6.07) is 12.7. The Bertz CT molecular complexity index is 997. The monoisotopic (exact) mass is 409 g/mol. The number of sulfonamides is 1. The van der Waals surface area contributed by atoms with Crippen LogP contribution in [0.15, 0.2) is 52.3 Å². The maximum Gasteiger partial charge on any atom is 0.243 e. The topological polar surface area (TPSA) is 66.1 Å². The first kappa shape index (κ1) is 19.2. The van der Waals surface area contributed by atoms with Crippen LogP contribution in [0.25, 0.3) is 11.0 Å². The molecule has 0 aliphatic carbocycles. The number of H-pyrrole nitrogens is 1. The second kappa shape index (κ2) is 8.00. The van der Waals surface area contributed by atoms with E-state index in [2.05, 4.69) is 9.97 Å². The van der Waals surface area contributed by atoms with Crippen molar-refractivity contribution in [1.29, 1.82) is 0 Å². The minimum atomic E-state index is -3.47. The molecule has 0 aliphatic heterocycles. The van der Waals surface area contributed by atoms with Crippen molar-refractivity contribution in [2.45, 2.75) is 29.4 Å². The molecule has 0 radical (unpaired) electrons. The van der Waals surface area contributed by atoms with Gasteiger partial charge in [-0.05, 0) is 42.5 Å². The Morgan fingerprint density at radius 2 is 1.81 bits per heavy atom. The molecule has 0 bridgehead atoms. The predicted molar refractivity (Wildman–Crippen MR) is 107 cm³/mol. The molecule has 5 nitrogen and oxygen atoms in total. The van der Waals surface area contributed by atoms with Crippen molar-refractivity contribution >= 4 is 44.4 Å². The number of fused-ring (bicyclic) bond motifs is 1. The Balaban J connectivity index is 1.82. The first-order valence-electron chi connectivity index (χ1n) is 8.31. The van der Waals surface area contributed by atoms with Crippen molar-refractivity contribution in [1.82, 2.24) is 14.3 Å². The number of benzene rings is 2. The normalized spacial score (nSPS) is 12.2. The number of hydrogen-bond acceptors (Lipinski definition) is 4. The number of thioether (sulfide) groups is 1. The van der Waals surface area contributed by atoms with Gasteiger partial charge in [-0.25, -0.2) is 13.4 Å². The lowest BCUT2D eigenvalue weighted by Gasteiger charge is -2.18. The van der Waals surface area contributed by atoms with Gasteiger partial charge in [0, 0.05) is 23.0 Å². The standard InChI is InChI=1S/C18H20ClN3O2S2/c1-3-22(4-2)26(23,24)15-9-10-16-17(11-15)21-18(20-16)12-25-14-7-5-13(19)6-8-14/h5-11H,3-4,12H2,1-2H3,(H,20,21). The highest BCUT2D eigenvalue weighted by Crippen LogP contribution is 2.25. The molecule has 8 heteroatoms. The van der Waals surface area contributed by atoms with Gasteiger partial charge in [0.1, 0.15) is 5.82 Å². The number of halogens is 1. The molecule has 138 valence electrons. The van der Waals surface area contributed by atoms with E-state index in [0.717, 1.165) is 21.8 Å². The first-order valence-corrected chi connectivity index (χ1v) is 11.1. The van der Waals surface area contributed by atoms with E-state index in [4.69, 9.17) is 11.6 Å². The summed E-state index contributed by atoms with van der Waals surface area (Å²) in [5, 5.41) is 0.708. The van der Waals surface area contributed by atoms with Crippen molar-refractivity contribution in [3.05, 3.63) is 53.3 Å². The van der Waals surface area contributed by atoms with Crippen molar-refractivity contribution in [2.75, 3.05) is 13.1 Å². The SMILES string of the molecule is CCN(CC)S(=O)(=O)c1ccc2nc(CSc3ccc(Cl)cc3)[nH]c2c1.